The van der Waals surface area contributed by atoms with E-state index in [0.29, 0.717) is 55.5 Å². The van der Waals surface area contributed by atoms with E-state index in [0.717, 1.165) is 17.2 Å². The first kappa shape index (κ1) is 27.4. The third-order valence-electron chi connectivity index (χ3n) is 7.32. The van der Waals surface area contributed by atoms with Crippen molar-refractivity contribution in [2.45, 2.75) is 44.0 Å². The molecule has 2 unspecified atom stereocenters. The molecular weight excluding hydrogens is 512 g/mol. The SMILES string of the molecule is C=S(=O)(N[C@H]1CCCN(CC(=O)N2CCN(C(C)=O)CC(CC)C2)C1=O)c1ccc2cc(Cl)ccc2c1. The van der Waals surface area contributed by atoms with Crippen molar-refractivity contribution in [3.8, 4) is 0 Å². The van der Waals surface area contributed by atoms with Gasteiger partial charge in [-0.15, -0.1) is 0 Å². The zero-order valence-electron chi connectivity index (χ0n) is 21.5. The number of hydrogen-bond donors (Lipinski definition) is 1. The maximum absolute atomic E-state index is 13.6. The minimum Gasteiger partial charge on any atom is -0.341 e. The van der Waals surface area contributed by atoms with Gasteiger partial charge in [-0.05, 0) is 66.1 Å². The van der Waals surface area contributed by atoms with Crippen LogP contribution in [-0.2, 0) is 24.1 Å². The molecule has 0 saturated carbocycles. The largest absolute Gasteiger partial charge is 0.341 e. The molecule has 1 N–H and O–H groups in total. The Bertz CT molecular complexity index is 1300. The van der Waals surface area contributed by atoms with Gasteiger partial charge < -0.3 is 14.7 Å². The first-order valence-corrected chi connectivity index (χ1v) is 14.8. The first-order valence-electron chi connectivity index (χ1n) is 12.7. The molecule has 2 fully saturated rings. The number of benzene rings is 2. The summed E-state index contributed by atoms with van der Waals surface area (Å²) in [5, 5.41) is 2.43. The average Bonchev–Trinajstić information content (AvgIpc) is 3.09. The van der Waals surface area contributed by atoms with Gasteiger partial charge in [0.1, 0.15) is 0 Å². The van der Waals surface area contributed by atoms with Crippen LogP contribution < -0.4 is 4.72 Å². The molecule has 2 aliphatic heterocycles. The summed E-state index contributed by atoms with van der Waals surface area (Å²) in [7, 11) is -2.96. The zero-order chi connectivity index (χ0) is 26.7. The van der Waals surface area contributed by atoms with Gasteiger partial charge in [-0.3, -0.25) is 14.4 Å². The molecule has 0 radical (unpaired) electrons. The molecule has 2 aromatic rings. The van der Waals surface area contributed by atoms with Gasteiger partial charge in [-0.2, -0.15) is 0 Å². The van der Waals surface area contributed by atoms with E-state index in [1.807, 2.05) is 18.2 Å². The quantitative estimate of drug-likeness (QED) is 0.564. The monoisotopic (exact) mass is 546 g/mol. The Kier molecular flexibility index (Phi) is 8.46. The number of fused-ring (bicyclic) bond motifs is 1. The zero-order valence-corrected chi connectivity index (χ0v) is 23.0. The van der Waals surface area contributed by atoms with Crippen molar-refractivity contribution in [1.82, 2.24) is 19.4 Å². The molecule has 37 heavy (non-hydrogen) atoms. The van der Waals surface area contributed by atoms with Crippen LogP contribution in [0.25, 0.3) is 10.8 Å². The Morgan fingerprint density at radius 3 is 2.49 bits per heavy atom. The summed E-state index contributed by atoms with van der Waals surface area (Å²) in [6.45, 7) is 6.23. The highest BCUT2D eigenvalue weighted by Crippen LogP contribution is 2.24. The number of nitrogens with one attached hydrogen (secondary N) is 1. The predicted octanol–water partition coefficient (Wildman–Crippen LogP) is 2.78. The van der Waals surface area contributed by atoms with Crippen LogP contribution in [0.15, 0.2) is 41.3 Å². The molecule has 0 aromatic heterocycles. The van der Waals surface area contributed by atoms with Crippen molar-refractivity contribution in [3.63, 3.8) is 0 Å². The smallest absolute Gasteiger partial charge is 0.242 e. The number of hydrogen-bond acceptors (Lipinski definition) is 4. The molecule has 3 atom stereocenters. The summed E-state index contributed by atoms with van der Waals surface area (Å²) in [5.41, 5.74) is 0. The van der Waals surface area contributed by atoms with Crippen molar-refractivity contribution >= 4 is 55.7 Å². The van der Waals surface area contributed by atoms with Crippen LogP contribution in [0.2, 0.25) is 5.02 Å². The van der Waals surface area contributed by atoms with E-state index < -0.39 is 15.7 Å². The second-order valence-corrected chi connectivity index (χ2v) is 12.5. The Labute approximate surface area is 224 Å². The van der Waals surface area contributed by atoms with Crippen LogP contribution >= 0.6 is 11.6 Å². The number of amides is 3. The summed E-state index contributed by atoms with van der Waals surface area (Å²) in [6, 6.07) is 10.2. The first-order chi connectivity index (χ1) is 17.6. The Morgan fingerprint density at radius 2 is 1.76 bits per heavy atom. The molecule has 10 heteroatoms. The molecule has 4 rings (SSSR count). The minimum atomic E-state index is -2.96. The highest BCUT2D eigenvalue weighted by atomic mass is 35.5. The molecule has 2 aromatic carbocycles. The summed E-state index contributed by atoms with van der Waals surface area (Å²) < 4.78 is 16.5. The van der Waals surface area contributed by atoms with Crippen LogP contribution in [0.4, 0.5) is 0 Å². The van der Waals surface area contributed by atoms with Gasteiger partial charge >= 0.3 is 0 Å². The lowest BCUT2D eigenvalue weighted by Gasteiger charge is -2.34. The van der Waals surface area contributed by atoms with E-state index in [4.69, 9.17) is 11.6 Å². The number of likely N-dealkylation sites (tertiary alicyclic amines) is 1. The highest BCUT2D eigenvalue weighted by Gasteiger charge is 2.33. The van der Waals surface area contributed by atoms with Crippen molar-refractivity contribution in [3.05, 3.63) is 41.4 Å². The number of piperidine rings is 1. The van der Waals surface area contributed by atoms with E-state index in [1.54, 1.807) is 39.8 Å². The normalized spacial score (nSPS) is 22.6. The lowest BCUT2D eigenvalue weighted by atomic mass is 10.1. The fraction of sp³-hybridized carbons (Fsp3) is 0.481. The van der Waals surface area contributed by atoms with Gasteiger partial charge in [-0.1, -0.05) is 30.7 Å². The molecule has 200 valence electrons. The van der Waals surface area contributed by atoms with E-state index in [1.165, 1.54) is 0 Å². The molecule has 0 spiro atoms. The summed E-state index contributed by atoms with van der Waals surface area (Å²) in [4.78, 5) is 44.0. The van der Waals surface area contributed by atoms with E-state index in [2.05, 4.69) is 17.5 Å². The van der Waals surface area contributed by atoms with Gasteiger partial charge in [0.2, 0.25) is 17.7 Å². The lowest BCUT2D eigenvalue weighted by Crippen LogP contribution is -2.54. The van der Waals surface area contributed by atoms with Gasteiger partial charge in [0, 0.05) is 49.6 Å². The topological polar surface area (TPSA) is 90.0 Å². The Hall–Kier alpha value is -2.62. The maximum atomic E-state index is 13.6. The van der Waals surface area contributed by atoms with E-state index in [-0.39, 0.29) is 30.2 Å². The van der Waals surface area contributed by atoms with Gasteiger partial charge in [0.05, 0.1) is 22.3 Å². The van der Waals surface area contributed by atoms with Crippen LogP contribution in [0.3, 0.4) is 0 Å². The molecule has 0 bridgehead atoms. The molecular formula is C27H35ClN4O4S. The number of nitrogens with zero attached hydrogens (tertiary/aromatic N) is 3. The molecule has 8 nitrogen and oxygen atoms in total. The Morgan fingerprint density at radius 1 is 1.08 bits per heavy atom. The minimum absolute atomic E-state index is 0.0138. The molecule has 0 aliphatic carbocycles. The standard InChI is InChI=1S/C27H35ClN4O4S/c1-4-20-16-30(19(2)33)12-13-31(17-20)26(34)18-32-11-5-6-25(27(32)35)29-37(3,36)24-10-8-21-14-23(28)9-7-22(21)15-24/h7-10,14-15,20,25H,3-6,11-13,16-18H2,1-2H3,(H,29,36)/t20?,25-,37?/m0/s1. The fourth-order valence-electron chi connectivity index (χ4n) is 5.04. The molecule has 3 amide bonds. The van der Waals surface area contributed by atoms with E-state index >= 15 is 0 Å². The fourth-order valence-corrected chi connectivity index (χ4v) is 6.64. The second kappa shape index (κ2) is 11.4. The van der Waals surface area contributed by atoms with Crippen molar-refractivity contribution < 1.29 is 18.6 Å². The number of carbonyl (C=O) groups excluding carboxylic acids is 3. The van der Waals surface area contributed by atoms with Crippen LogP contribution in [-0.4, -0.2) is 87.8 Å². The third-order valence-corrected chi connectivity index (χ3v) is 9.23. The van der Waals surface area contributed by atoms with Gasteiger partial charge in [-0.25, -0.2) is 8.93 Å². The van der Waals surface area contributed by atoms with Crippen LogP contribution in [0.5, 0.6) is 0 Å². The summed E-state index contributed by atoms with van der Waals surface area (Å²) in [6.07, 6.45) is 2.08. The maximum Gasteiger partial charge on any atom is 0.242 e. The number of carbonyl (C=O) groups is 3. The number of rotatable bonds is 6. The molecule has 2 saturated heterocycles. The molecule has 2 aliphatic rings. The van der Waals surface area contributed by atoms with E-state index in [9.17, 15) is 18.6 Å². The van der Waals surface area contributed by atoms with Crippen molar-refractivity contribution in [2.24, 2.45) is 5.92 Å². The molecule has 2 heterocycles. The van der Waals surface area contributed by atoms with Crippen molar-refractivity contribution in [2.75, 3.05) is 39.3 Å². The average molecular weight is 547 g/mol. The van der Waals surface area contributed by atoms with Crippen molar-refractivity contribution in [1.29, 1.82) is 0 Å². The van der Waals surface area contributed by atoms with Crippen LogP contribution in [0.1, 0.15) is 33.1 Å². The van der Waals surface area contributed by atoms with Crippen LogP contribution in [0, 0.1) is 5.92 Å². The highest BCUT2D eigenvalue weighted by molar-refractivity contribution is 7.98. The summed E-state index contributed by atoms with van der Waals surface area (Å²) >= 11 is 6.07. The predicted molar refractivity (Wildman–Crippen MR) is 148 cm³/mol. The third kappa shape index (κ3) is 6.45. The number of halogens is 1. The summed E-state index contributed by atoms with van der Waals surface area (Å²) in [5.74, 6) is 3.77. The van der Waals surface area contributed by atoms with Gasteiger partial charge in [0.15, 0.2) is 0 Å². The Balaban J connectivity index is 1.42. The lowest BCUT2D eigenvalue weighted by molar-refractivity contribution is -0.143. The second-order valence-electron chi connectivity index (χ2n) is 9.98. The van der Waals surface area contributed by atoms with Gasteiger partial charge in [0.25, 0.3) is 0 Å².